The van der Waals surface area contributed by atoms with Crippen LogP contribution in [0.2, 0.25) is 0 Å². The summed E-state index contributed by atoms with van der Waals surface area (Å²) in [4.78, 5) is 10.5. The van der Waals surface area contributed by atoms with Crippen LogP contribution in [0.5, 0.6) is 0 Å². The second-order valence-corrected chi connectivity index (χ2v) is 14.2. The highest BCUT2D eigenvalue weighted by Gasteiger charge is 2.18. The fourth-order valence-electron chi connectivity index (χ4n) is 8.35. The molecule has 2 aromatic heterocycles. The number of hydrogen-bond donors (Lipinski definition) is 0. The lowest BCUT2D eigenvalue weighted by Gasteiger charge is -2.17. The summed E-state index contributed by atoms with van der Waals surface area (Å²) in [6, 6.07) is 71.7. The van der Waals surface area contributed by atoms with Gasteiger partial charge in [-0.1, -0.05) is 152 Å². The van der Waals surface area contributed by atoms with Crippen molar-refractivity contribution < 1.29 is 0 Å². The van der Waals surface area contributed by atoms with Crippen LogP contribution in [0.25, 0.3) is 105 Å². The maximum atomic E-state index is 5.34. The second kappa shape index (κ2) is 12.6. The van der Waals surface area contributed by atoms with Crippen molar-refractivity contribution in [1.29, 1.82) is 0 Å². The van der Waals surface area contributed by atoms with Crippen molar-refractivity contribution >= 4 is 54.1 Å². The molecule has 0 amide bonds. The molecule has 0 N–H and O–H groups in total. The second-order valence-electron chi connectivity index (χ2n) is 14.2. The zero-order valence-electron chi connectivity index (χ0n) is 29.9. The van der Waals surface area contributed by atoms with Gasteiger partial charge in [0.2, 0.25) is 0 Å². The number of nitrogens with zero attached hydrogens (tertiary/aromatic N) is 3. The molecule has 256 valence electrons. The highest BCUT2D eigenvalue weighted by molar-refractivity contribution is 6.14. The normalized spacial score (nSPS) is 11.6. The average molecular weight is 700 g/mol. The summed E-state index contributed by atoms with van der Waals surface area (Å²) in [6.45, 7) is 0. The van der Waals surface area contributed by atoms with Crippen molar-refractivity contribution in [2.75, 3.05) is 0 Å². The molecule has 3 heteroatoms. The summed E-state index contributed by atoms with van der Waals surface area (Å²) in [5.41, 5.74) is 10.5. The van der Waals surface area contributed by atoms with Crippen LogP contribution in [0.3, 0.4) is 0 Å². The first kappa shape index (κ1) is 31.2. The Kier molecular flexibility index (Phi) is 7.17. The van der Waals surface area contributed by atoms with Crippen LogP contribution in [0.1, 0.15) is 0 Å². The Balaban J connectivity index is 1.22. The van der Waals surface area contributed by atoms with Crippen LogP contribution < -0.4 is 0 Å². The Morgan fingerprint density at radius 2 is 0.873 bits per heavy atom. The minimum Gasteiger partial charge on any atom is -0.309 e. The Labute approximate surface area is 318 Å². The molecular formula is C52H33N3. The van der Waals surface area contributed by atoms with Gasteiger partial charge in [-0.3, -0.25) is 0 Å². The largest absolute Gasteiger partial charge is 0.309 e. The van der Waals surface area contributed by atoms with Crippen molar-refractivity contribution in [2.24, 2.45) is 0 Å². The minimum atomic E-state index is 0.696. The standard InChI is InChI=1S/C52H33N3/c1-2-15-35(16-3-1)52-53-48(38-27-26-34-14-4-5-17-36(34)28-38)33-49(54-52)40-29-39(47-32-37-18-6-7-19-42(37)43-20-8-9-21-44(43)47)30-41(31-40)55-50-24-12-10-22-45(50)46-23-11-13-25-51(46)55/h1-33H. The molecule has 0 fully saturated rings. The zero-order valence-corrected chi connectivity index (χ0v) is 29.9. The molecule has 0 saturated carbocycles. The van der Waals surface area contributed by atoms with Gasteiger partial charge in [-0.05, 0) is 92.0 Å². The third-order valence-electron chi connectivity index (χ3n) is 10.9. The van der Waals surface area contributed by atoms with Crippen LogP contribution in [-0.2, 0) is 0 Å². The Morgan fingerprint density at radius 3 is 1.62 bits per heavy atom. The molecule has 0 unspecified atom stereocenters. The van der Waals surface area contributed by atoms with E-state index in [0.717, 1.165) is 39.3 Å². The number of aromatic nitrogens is 3. The monoisotopic (exact) mass is 699 g/mol. The smallest absolute Gasteiger partial charge is 0.160 e. The van der Waals surface area contributed by atoms with E-state index in [-0.39, 0.29) is 0 Å². The maximum Gasteiger partial charge on any atom is 0.160 e. The summed E-state index contributed by atoms with van der Waals surface area (Å²) in [7, 11) is 0. The fourth-order valence-corrected chi connectivity index (χ4v) is 8.35. The van der Waals surface area contributed by atoms with E-state index in [1.807, 2.05) is 18.2 Å². The quantitative estimate of drug-likeness (QED) is 0.167. The lowest BCUT2D eigenvalue weighted by Crippen LogP contribution is -1.99. The van der Waals surface area contributed by atoms with Crippen molar-refractivity contribution in [1.82, 2.24) is 14.5 Å². The van der Waals surface area contributed by atoms with Crippen LogP contribution in [0.4, 0.5) is 0 Å². The molecule has 0 radical (unpaired) electrons. The highest BCUT2D eigenvalue weighted by atomic mass is 15.0. The first-order valence-corrected chi connectivity index (χ1v) is 18.7. The highest BCUT2D eigenvalue weighted by Crippen LogP contribution is 2.40. The van der Waals surface area contributed by atoms with E-state index < -0.39 is 0 Å². The molecule has 11 aromatic rings. The van der Waals surface area contributed by atoms with Crippen molar-refractivity contribution in [3.05, 3.63) is 200 Å². The van der Waals surface area contributed by atoms with E-state index in [1.165, 1.54) is 59.7 Å². The van der Waals surface area contributed by atoms with Gasteiger partial charge in [-0.25, -0.2) is 9.97 Å². The van der Waals surface area contributed by atoms with Crippen LogP contribution in [0.15, 0.2) is 200 Å². The summed E-state index contributed by atoms with van der Waals surface area (Å²) in [6.07, 6.45) is 0. The molecule has 3 nitrogen and oxygen atoms in total. The number of para-hydroxylation sites is 2. The summed E-state index contributed by atoms with van der Waals surface area (Å²) < 4.78 is 2.41. The average Bonchev–Trinajstić information content (AvgIpc) is 3.60. The molecule has 0 spiro atoms. The molecule has 9 aromatic carbocycles. The Bertz CT molecular complexity index is 3210. The van der Waals surface area contributed by atoms with Crippen molar-refractivity contribution in [2.45, 2.75) is 0 Å². The Morgan fingerprint density at radius 1 is 0.309 bits per heavy atom. The third-order valence-corrected chi connectivity index (χ3v) is 10.9. The molecule has 0 saturated heterocycles. The molecular weight excluding hydrogens is 667 g/mol. The molecule has 0 atom stereocenters. The van der Waals surface area contributed by atoms with Gasteiger partial charge in [0, 0.05) is 33.2 Å². The molecule has 55 heavy (non-hydrogen) atoms. The molecule has 11 rings (SSSR count). The lowest BCUT2D eigenvalue weighted by atomic mass is 9.91. The van der Waals surface area contributed by atoms with E-state index in [9.17, 15) is 0 Å². The number of rotatable bonds is 5. The first-order chi connectivity index (χ1) is 27.2. The van der Waals surface area contributed by atoms with Gasteiger partial charge in [-0.15, -0.1) is 0 Å². The van der Waals surface area contributed by atoms with Gasteiger partial charge in [0.05, 0.1) is 22.4 Å². The van der Waals surface area contributed by atoms with E-state index in [2.05, 4.69) is 187 Å². The van der Waals surface area contributed by atoms with Gasteiger partial charge in [0.15, 0.2) is 5.82 Å². The van der Waals surface area contributed by atoms with Crippen LogP contribution in [0, 0.1) is 0 Å². The van der Waals surface area contributed by atoms with Crippen molar-refractivity contribution in [3.63, 3.8) is 0 Å². The van der Waals surface area contributed by atoms with Gasteiger partial charge >= 0.3 is 0 Å². The number of fused-ring (bicyclic) bond motifs is 7. The van der Waals surface area contributed by atoms with Crippen molar-refractivity contribution in [3.8, 4) is 50.7 Å². The predicted octanol–water partition coefficient (Wildman–Crippen LogP) is 13.7. The number of benzene rings is 9. The van der Waals surface area contributed by atoms with E-state index >= 15 is 0 Å². The van der Waals surface area contributed by atoms with E-state index in [4.69, 9.17) is 9.97 Å². The summed E-state index contributed by atoms with van der Waals surface area (Å²) in [5, 5.41) is 9.77. The van der Waals surface area contributed by atoms with Gasteiger partial charge < -0.3 is 4.57 Å². The lowest BCUT2D eigenvalue weighted by molar-refractivity contribution is 1.16. The number of hydrogen-bond acceptors (Lipinski definition) is 2. The van der Waals surface area contributed by atoms with E-state index in [0.29, 0.717) is 5.82 Å². The van der Waals surface area contributed by atoms with Crippen LogP contribution in [-0.4, -0.2) is 14.5 Å². The van der Waals surface area contributed by atoms with Crippen LogP contribution >= 0.6 is 0 Å². The molecule has 0 aliphatic heterocycles. The molecule has 0 aliphatic carbocycles. The van der Waals surface area contributed by atoms with Gasteiger partial charge in [0.25, 0.3) is 0 Å². The van der Waals surface area contributed by atoms with E-state index in [1.54, 1.807) is 0 Å². The topological polar surface area (TPSA) is 30.7 Å². The maximum absolute atomic E-state index is 5.34. The third kappa shape index (κ3) is 5.28. The summed E-state index contributed by atoms with van der Waals surface area (Å²) in [5.74, 6) is 0.696. The molecule has 0 aliphatic rings. The first-order valence-electron chi connectivity index (χ1n) is 18.7. The molecule has 2 heterocycles. The van der Waals surface area contributed by atoms with Gasteiger partial charge in [0.1, 0.15) is 0 Å². The SMILES string of the molecule is c1ccc(-c2nc(-c3cc(-c4cc5ccccc5c5ccccc45)cc(-n4c5ccccc5c5ccccc54)c3)cc(-c3ccc4ccccc4c3)n2)cc1. The summed E-state index contributed by atoms with van der Waals surface area (Å²) >= 11 is 0. The Hall–Kier alpha value is -7.36. The zero-order chi connectivity index (χ0) is 36.3. The van der Waals surface area contributed by atoms with Gasteiger partial charge in [-0.2, -0.15) is 0 Å². The fraction of sp³-hybridized carbons (Fsp3) is 0. The predicted molar refractivity (Wildman–Crippen MR) is 231 cm³/mol. The minimum absolute atomic E-state index is 0.696. The molecule has 0 bridgehead atoms.